The maximum absolute atomic E-state index is 13.8. The van der Waals surface area contributed by atoms with E-state index in [1.807, 2.05) is 13.1 Å². The predicted octanol–water partition coefficient (Wildman–Crippen LogP) is 3.81. The molecule has 0 radical (unpaired) electrons. The molecule has 1 aliphatic heterocycles. The highest BCUT2D eigenvalue weighted by molar-refractivity contribution is 9.10. The summed E-state index contributed by atoms with van der Waals surface area (Å²) in [4.78, 5) is 0. The van der Waals surface area contributed by atoms with Crippen LogP contribution in [0.15, 0.2) is 22.7 Å². The quantitative estimate of drug-likeness (QED) is 0.892. The van der Waals surface area contributed by atoms with Crippen LogP contribution in [0.3, 0.4) is 0 Å². The molecule has 0 amide bonds. The Bertz CT molecular complexity index is 393. The SMILES string of the molecule is CNC(CCC1CCCO1)c1cc(Br)ccc1F. The molecular formula is C14H19BrFNO. The number of hydrogen-bond donors (Lipinski definition) is 1. The van der Waals surface area contributed by atoms with Crippen LogP contribution in [-0.4, -0.2) is 19.8 Å². The minimum absolute atomic E-state index is 0.0479. The first-order chi connectivity index (χ1) is 8.70. The molecule has 1 aromatic carbocycles. The van der Waals surface area contributed by atoms with Crippen molar-refractivity contribution in [3.63, 3.8) is 0 Å². The lowest BCUT2D eigenvalue weighted by atomic mass is 9.99. The molecule has 1 aliphatic rings. The van der Waals surface area contributed by atoms with Gasteiger partial charge in [-0.15, -0.1) is 0 Å². The lowest BCUT2D eigenvalue weighted by Crippen LogP contribution is -2.20. The van der Waals surface area contributed by atoms with Crippen LogP contribution in [0, 0.1) is 5.82 Å². The second-order valence-electron chi connectivity index (χ2n) is 4.72. The summed E-state index contributed by atoms with van der Waals surface area (Å²) in [6.45, 7) is 0.875. The third kappa shape index (κ3) is 3.53. The molecule has 0 spiro atoms. The van der Waals surface area contributed by atoms with Crippen molar-refractivity contribution >= 4 is 15.9 Å². The molecule has 2 rings (SSSR count). The summed E-state index contributed by atoms with van der Waals surface area (Å²) in [5, 5.41) is 3.19. The first kappa shape index (κ1) is 14.0. The van der Waals surface area contributed by atoms with E-state index in [4.69, 9.17) is 4.74 Å². The molecule has 2 unspecified atom stereocenters. The number of ether oxygens (including phenoxy) is 1. The molecule has 1 N–H and O–H groups in total. The Morgan fingerprint density at radius 3 is 3.06 bits per heavy atom. The van der Waals surface area contributed by atoms with Crippen LogP contribution in [0.5, 0.6) is 0 Å². The van der Waals surface area contributed by atoms with Gasteiger partial charge in [0, 0.05) is 22.7 Å². The van der Waals surface area contributed by atoms with Crippen LogP contribution in [-0.2, 0) is 4.74 Å². The Balaban J connectivity index is 2.00. The Morgan fingerprint density at radius 1 is 1.56 bits per heavy atom. The highest BCUT2D eigenvalue weighted by atomic mass is 79.9. The monoisotopic (exact) mass is 315 g/mol. The van der Waals surface area contributed by atoms with Crippen molar-refractivity contribution in [3.8, 4) is 0 Å². The van der Waals surface area contributed by atoms with Crippen molar-refractivity contribution in [1.82, 2.24) is 5.32 Å². The van der Waals surface area contributed by atoms with Gasteiger partial charge in [0.2, 0.25) is 0 Å². The zero-order valence-corrected chi connectivity index (χ0v) is 12.2. The largest absolute Gasteiger partial charge is 0.378 e. The van der Waals surface area contributed by atoms with E-state index in [9.17, 15) is 4.39 Å². The summed E-state index contributed by atoms with van der Waals surface area (Å²) in [5.74, 6) is -0.148. The third-order valence-electron chi connectivity index (χ3n) is 3.48. The van der Waals surface area contributed by atoms with Gasteiger partial charge in [0.15, 0.2) is 0 Å². The molecule has 18 heavy (non-hydrogen) atoms. The van der Waals surface area contributed by atoms with Crippen molar-refractivity contribution in [2.24, 2.45) is 0 Å². The number of halogens is 2. The van der Waals surface area contributed by atoms with Gasteiger partial charge >= 0.3 is 0 Å². The van der Waals surface area contributed by atoms with Crippen LogP contribution in [0.1, 0.15) is 37.3 Å². The second kappa shape index (κ2) is 6.64. The molecule has 1 aromatic rings. The Kier molecular flexibility index (Phi) is 5.15. The van der Waals surface area contributed by atoms with Gasteiger partial charge in [-0.25, -0.2) is 4.39 Å². The zero-order chi connectivity index (χ0) is 13.0. The normalized spacial score (nSPS) is 21.2. The lowest BCUT2D eigenvalue weighted by molar-refractivity contribution is 0.0997. The van der Waals surface area contributed by atoms with Gasteiger partial charge in [0.25, 0.3) is 0 Å². The van der Waals surface area contributed by atoms with Crippen molar-refractivity contribution in [2.45, 2.75) is 37.8 Å². The highest BCUT2D eigenvalue weighted by Crippen LogP contribution is 2.27. The van der Waals surface area contributed by atoms with E-state index in [0.29, 0.717) is 6.10 Å². The van der Waals surface area contributed by atoms with E-state index in [-0.39, 0.29) is 11.9 Å². The minimum Gasteiger partial charge on any atom is -0.378 e. The Hall–Kier alpha value is -0.450. The van der Waals surface area contributed by atoms with E-state index < -0.39 is 0 Å². The summed E-state index contributed by atoms with van der Waals surface area (Å²) >= 11 is 3.39. The van der Waals surface area contributed by atoms with E-state index in [1.165, 1.54) is 6.07 Å². The smallest absolute Gasteiger partial charge is 0.128 e. The standard InChI is InChI=1S/C14H19BrFNO/c1-17-14(7-5-11-3-2-8-18-11)12-9-10(15)4-6-13(12)16/h4,6,9,11,14,17H,2-3,5,7-8H2,1H3. The summed E-state index contributed by atoms with van der Waals surface area (Å²) in [7, 11) is 1.88. The molecule has 1 fully saturated rings. The molecule has 2 atom stereocenters. The Labute approximate surface area is 116 Å². The molecule has 1 saturated heterocycles. The van der Waals surface area contributed by atoms with Crippen LogP contribution < -0.4 is 5.32 Å². The summed E-state index contributed by atoms with van der Waals surface area (Å²) in [5.41, 5.74) is 0.727. The predicted molar refractivity (Wildman–Crippen MR) is 74.1 cm³/mol. The van der Waals surface area contributed by atoms with Gasteiger partial charge in [0.05, 0.1) is 6.10 Å². The lowest BCUT2D eigenvalue weighted by Gasteiger charge is -2.19. The van der Waals surface area contributed by atoms with Crippen LogP contribution in [0.4, 0.5) is 4.39 Å². The van der Waals surface area contributed by atoms with Gasteiger partial charge in [-0.05, 0) is 50.9 Å². The van der Waals surface area contributed by atoms with Crippen molar-refractivity contribution < 1.29 is 9.13 Å². The van der Waals surface area contributed by atoms with Crippen molar-refractivity contribution in [3.05, 3.63) is 34.1 Å². The van der Waals surface area contributed by atoms with Crippen molar-refractivity contribution in [2.75, 3.05) is 13.7 Å². The molecule has 1 heterocycles. The second-order valence-corrected chi connectivity index (χ2v) is 5.64. The fourth-order valence-electron chi connectivity index (χ4n) is 2.46. The highest BCUT2D eigenvalue weighted by Gasteiger charge is 2.19. The number of rotatable bonds is 5. The fourth-order valence-corrected chi connectivity index (χ4v) is 2.84. The summed E-state index contributed by atoms with van der Waals surface area (Å²) < 4.78 is 20.3. The average Bonchev–Trinajstić information content (AvgIpc) is 2.87. The van der Waals surface area contributed by atoms with Crippen LogP contribution >= 0.6 is 15.9 Å². The summed E-state index contributed by atoms with van der Waals surface area (Å²) in [6.07, 6.45) is 4.53. The molecule has 0 saturated carbocycles. The maximum Gasteiger partial charge on any atom is 0.128 e. The zero-order valence-electron chi connectivity index (χ0n) is 10.6. The topological polar surface area (TPSA) is 21.3 Å². The molecular weight excluding hydrogens is 297 g/mol. The first-order valence-corrected chi connectivity index (χ1v) is 7.24. The van der Waals surface area contributed by atoms with E-state index in [2.05, 4.69) is 21.2 Å². The van der Waals surface area contributed by atoms with Gasteiger partial charge in [-0.1, -0.05) is 15.9 Å². The molecule has 100 valence electrons. The molecule has 0 bridgehead atoms. The van der Waals surface area contributed by atoms with Crippen LogP contribution in [0.25, 0.3) is 0 Å². The van der Waals surface area contributed by atoms with Gasteiger partial charge in [-0.3, -0.25) is 0 Å². The average molecular weight is 316 g/mol. The molecule has 0 aromatic heterocycles. The number of hydrogen-bond acceptors (Lipinski definition) is 2. The molecule has 4 heteroatoms. The van der Waals surface area contributed by atoms with Gasteiger partial charge in [-0.2, -0.15) is 0 Å². The first-order valence-electron chi connectivity index (χ1n) is 6.44. The van der Waals surface area contributed by atoms with E-state index >= 15 is 0 Å². The molecule has 0 aliphatic carbocycles. The van der Waals surface area contributed by atoms with E-state index in [1.54, 1.807) is 6.07 Å². The third-order valence-corrected chi connectivity index (χ3v) is 3.98. The van der Waals surface area contributed by atoms with Crippen LogP contribution in [0.2, 0.25) is 0 Å². The van der Waals surface area contributed by atoms with E-state index in [0.717, 1.165) is 42.3 Å². The van der Waals surface area contributed by atoms with Gasteiger partial charge in [0.1, 0.15) is 5.82 Å². The Morgan fingerprint density at radius 2 is 2.39 bits per heavy atom. The summed E-state index contributed by atoms with van der Waals surface area (Å²) in [6, 6.07) is 5.14. The molecule has 2 nitrogen and oxygen atoms in total. The maximum atomic E-state index is 13.8. The minimum atomic E-state index is -0.148. The number of nitrogens with one attached hydrogen (secondary N) is 1. The number of benzene rings is 1. The van der Waals surface area contributed by atoms with Gasteiger partial charge < -0.3 is 10.1 Å². The van der Waals surface area contributed by atoms with Crippen molar-refractivity contribution in [1.29, 1.82) is 0 Å². The fraction of sp³-hybridized carbons (Fsp3) is 0.571.